The van der Waals surface area contributed by atoms with E-state index in [0.717, 1.165) is 22.2 Å². The Labute approximate surface area is 131 Å². The van der Waals surface area contributed by atoms with Gasteiger partial charge in [-0.1, -0.05) is 52.7 Å². The predicted octanol–water partition coefficient (Wildman–Crippen LogP) is 3.99. The summed E-state index contributed by atoms with van der Waals surface area (Å²) in [5, 5.41) is 3.22. The molecule has 5 heteroatoms. The number of benzene rings is 1. The molecule has 0 saturated carbocycles. The van der Waals surface area contributed by atoms with Gasteiger partial charge in [0.05, 0.1) is 0 Å². The molecule has 2 aromatic rings. The highest BCUT2D eigenvalue weighted by Crippen LogP contribution is 2.16. The fourth-order valence-corrected chi connectivity index (χ4v) is 2.43. The minimum absolute atomic E-state index is 0.153. The van der Waals surface area contributed by atoms with E-state index >= 15 is 0 Å². The Balaban J connectivity index is 2.09. The van der Waals surface area contributed by atoms with Crippen molar-refractivity contribution in [3.8, 4) is 0 Å². The van der Waals surface area contributed by atoms with E-state index < -0.39 is 0 Å². The fourth-order valence-electron chi connectivity index (χ4n) is 1.78. The number of hydrogen-bond donors (Lipinski definition) is 1. The van der Waals surface area contributed by atoms with Crippen molar-refractivity contribution in [2.75, 3.05) is 0 Å². The van der Waals surface area contributed by atoms with Gasteiger partial charge in [0.1, 0.15) is 5.15 Å². The van der Waals surface area contributed by atoms with Crippen LogP contribution >= 0.6 is 27.5 Å². The van der Waals surface area contributed by atoms with Crippen LogP contribution in [0.4, 0.5) is 0 Å². The van der Waals surface area contributed by atoms with E-state index in [1.165, 1.54) is 0 Å². The number of carbonyl (C=O) groups is 1. The van der Waals surface area contributed by atoms with Gasteiger partial charge in [0.15, 0.2) is 0 Å². The molecule has 1 amide bonds. The highest BCUT2D eigenvalue weighted by Gasteiger charge is 2.09. The van der Waals surface area contributed by atoms with Crippen LogP contribution in [-0.4, -0.2) is 10.9 Å². The Morgan fingerprint density at radius 3 is 2.80 bits per heavy atom. The van der Waals surface area contributed by atoms with Gasteiger partial charge in [0.25, 0.3) is 5.91 Å². The molecule has 1 aromatic heterocycles. The maximum absolute atomic E-state index is 12.1. The summed E-state index contributed by atoms with van der Waals surface area (Å²) in [5.74, 6) is -0.153. The second-order valence-corrected chi connectivity index (χ2v) is 5.54. The number of aromatic nitrogens is 1. The molecule has 0 bridgehead atoms. The maximum atomic E-state index is 12.1. The standard InChI is InChI=1S/C15H14BrClN2O/c1-2-12-7-11(8-14(17)19-12)15(20)18-9-10-5-3-4-6-13(10)16/h3-8H,2,9H2,1H3,(H,18,20). The average molecular weight is 354 g/mol. The lowest BCUT2D eigenvalue weighted by molar-refractivity contribution is 0.0950. The number of rotatable bonds is 4. The van der Waals surface area contributed by atoms with Crippen LogP contribution in [0.5, 0.6) is 0 Å². The smallest absolute Gasteiger partial charge is 0.251 e. The van der Waals surface area contributed by atoms with Crippen molar-refractivity contribution in [1.29, 1.82) is 0 Å². The van der Waals surface area contributed by atoms with Crippen molar-refractivity contribution in [2.45, 2.75) is 19.9 Å². The molecule has 0 fully saturated rings. The molecule has 0 unspecified atom stereocenters. The van der Waals surface area contributed by atoms with Gasteiger partial charge in [-0.15, -0.1) is 0 Å². The predicted molar refractivity (Wildman–Crippen MR) is 83.9 cm³/mol. The first-order chi connectivity index (χ1) is 9.60. The molecule has 1 aromatic carbocycles. The summed E-state index contributed by atoms with van der Waals surface area (Å²) in [6, 6.07) is 11.1. The Morgan fingerprint density at radius 1 is 1.35 bits per heavy atom. The first kappa shape index (κ1) is 15.0. The maximum Gasteiger partial charge on any atom is 0.251 e. The highest BCUT2D eigenvalue weighted by atomic mass is 79.9. The zero-order valence-electron chi connectivity index (χ0n) is 11.0. The van der Waals surface area contributed by atoms with Gasteiger partial charge < -0.3 is 5.32 Å². The third-order valence-electron chi connectivity index (χ3n) is 2.87. The first-order valence-electron chi connectivity index (χ1n) is 6.28. The number of nitrogens with zero attached hydrogens (tertiary/aromatic N) is 1. The van der Waals surface area contributed by atoms with Crippen LogP contribution in [0.1, 0.15) is 28.5 Å². The molecule has 2 rings (SSSR count). The number of pyridine rings is 1. The molecule has 0 saturated heterocycles. The van der Waals surface area contributed by atoms with E-state index in [2.05, 4.69) is 26.2 Å². The van der Waals surface area contributed by atoms with Crippen molar-refractivity contribution in [3.63, 3.8) is 0 Å². The molecular weight excluding hydrogens is 340 g/mol. The molecule has 0 aliphatic heterocycles. The van der Waals surface area contributed by atoms with Crippen LogP contribution < -0.4 is 5.32 Å². The van der Waals surface area contributed by atoms with Crippen molar-refractivity contribution >= 4 is 33.4 Å². The Bertz CT molecular complexity index is 631. The van der Waals surface area contributed by atoms with Crippen molar-refractivity contribution in [1.82, 2.24) is 10.3 Å². The van der Waals surface area contributed by atoms with Gasteiger partial charge in [0, 0.05) is 22.3 Å². The Kier molecular flexibility index (Phi) is 5.15. The lowest BCUT2D eigenvalue weighted by Crippen LogP contribution is -2.23. The van der Waals surface area contributed by atoms with Crippen molar-refractivity contribution in [2.24, 2.45) is 0 Å². The van der Waals surface area contributed by atoms with Crippen molar-refractivity contribution < 1.29 is 4.79 Å². The molecule has 0 spiro atoms. The van der Waals surface area contributed by atoms with Gasteiger partial charge in [-0.3, -0.25) is 4.79 Å². The summed E-state index contributed by atoms with van der Waals surface area (Å²) in [6.07, 6.45) is 0.741. The number of carbonyl (C=O) groups excluding carboxylic acids is 1. The zero-order chi connectivity index (χ0) is 14.5. The molecule has 0 aliphatic carbocycles. The monoisotopic (exact) mass is 352 g/mol. The highest BCUT2D eigenvalue weighted by molar-refractivity contribution is 9.10. The molecule has 1 N–H and O–H groups in total. The largest absolute Gasteiger partial charge is 0.348 e. The second kappa shape index (κ2) is 6.86. The Hall–Kier alpha value is -1.39. The van der Waals surface area contributed by atoms with E-state index in [0.29, 0.717) is 17.3 Å². The van der Waals surface area contributed by atoms with Crippen LogP contribution in [0.25, 0.3) is 0 Å². The SMILES string of the molecule is CCc1cc(C(=O)NCc2ccccc2Br)cc(Cl)n1. The van der Waals surface area contributed by atoms with Gasteiger partial charge in [-0.25, -0.2) is 4.98 Å². The number of aryl methyl sites for hydroxylation is 1. The average Bonchev–Trinajstić information content (AvgIpc) is 2.45. The van der Waals surface area contributed by atoms with E-state index in [1.807, 2.05) is 31.2 Å². The molecule has 0 aliphatic rings. The molecule has 0 radical (unpaired) electrons. The quantitative estimate of drug-likeness (QED) is 0.845. The van der Waals surface area contributed by atoms with E-state index in [9.17, 15) is 4.79 Å². The Morgan fingerprint density at radius 2 is 2.10 bits per heavy atom. The van der Waals surface area contributed by atoms with E-state index in [4.69, 9.17) is 11.6 Å². The normalized spacial score (nSPS) is 10.3. The number of nitrogens with one attached hydrogen (secondary N) is 1. The van der Waals surface area contributed by atoms with Crippen molar-refractivity contribution in [3.05, 3.63) is 62.8 Å². The summed E-state index contributed by atoms with van der Waals surface area (Å²) >= 11 is 9.37. The zero-order valence-corrected chi connectivity index (χ0v) is 13.3. The lowest BCUT2D eigenvalue weighted by Gasteiger charge is -2.08. The summed E-state index contributed by atoms with van der Waals surface area (Å²) < 4.78 is 0.974. The second-order valence-electron chi connectivity index (χ2n) is 4.30. The number of halogens is 2. The molecule has 1 heterocycles. The van der Waals surface area contributed by atoms with Gasteiger partial charge in [-0.2, -0.15) is 0 Å². The van der Waals surface area contributed by atoms with Gasteiger partial charge in [-0.05, 0) is 30.2 Å². The number of amides is 1. The lowest BCUT2D eigenvalue weighted by atomic mass is 10.2. The summed E-state index contributed by atoms with van der Waals surface area (Å²) in [7, 11) is 0. The molecule has 0 atom stereocenters. The summed E-state index contributed by atoms with van der Waals surface area (Å²) in [4.78, 5) is 16.3. The first-order valence-corrected chi connectivity index (χ1v) is 7.45. The van der Waals surface area contributed by atoms with Crippen LogP contribution in [0.2, 0.25) is 5.15 Å². The molecule has 20 heavy (non-hydrogen) atoms. The molecule has 3 nitrogen and oxygen atoms in total. The van der Waals surface area contributed by atoms with Gasteiger partial charge in [0.2, 0.25) is 0 Å². The molecular formula is C15H14BrClN2O. The fraction of sp³-hybridized carbons (Fsp3) is 0.200. The molecule has 104 valence electrons. The van der Waals surface area contributed by atoms with Crippen LogP contribution in [-0.2, 0) is 13.0 Å². The minimum atomic E-state index is -0.153. The summed E-state index contributed by atoms with van der Waals surface area (Å²) in [5.41, 5.74) is 2.37. The van der Waals surface area contributed by atoms with E-state index in [1.54, 1.807) is 12.1 Å². The summed E-state index contributed by atoms with van der Waals surface area (Å²) in [6.45, 7) is 2.43. The van der Waals surface area contributed by atoms with Crippen LogP contribution in [0.3, 0.4) is 0 Å². The van der Waals surface area contributed by atoms with Crippen LogP contribution in [0, 0.1) is 0 Å². The topological polar surface area (TPSA) is 42.0 Å². The van der Waals surface area contributed by atoms with Gasteiger partial charge >= 0.3 is 0 Å². The van der Waals surface area contributed by atoms with E-state index in [-0.39, 0.29) is 5.91 Å². The van der Waals surface area contributed by atoms with Crippen LogP contribution in [0.15, 0.2) is 40.9 Å². The minimum Gasteiger partial charge on any atom is -0.348 e. The third kappa shape index (κ3) is 3.81. The third-order valence-corrected chi connectivity index (χ3v) is 3.84. The number of hydrogen-bond acceptors (Lipinski definition) is 2.